The Morgan fingerprint density at radius 3 is 2.57 bits per heavy atom. The normalized spacial score (nSPS) is 18.2. The van der Waals surface area contributed by atoms with Crippen LogP contribution in [0.4, 0.5) is 0 Å². The second-order valence-corrected chi connectivity index (χ2v) is 5.22. The number of nitrogens with zero attached hydrogens (tertiary/aromatic N) is 1. The van der Waals surface area contributed by atoms with E-state index in [4.69, 9.17) is 0 Å². The molecule has 0 atom stereocenters. The molecule has 1 aromatic rings. The number of nitrogens with one attached hydrogen (secondary N) is 2. The van der Waals surface area contributed by atoms with Crippen molar-refractivity contribution in [1.29, 1.82) is 0 Å². The molecular weight excluding hydrogens is 174 g/mol. The molecule has 1 aliphatic rings. The summed E-state index contributed by atoms with van der Waals surface area (Å²) in [4.78, 5) is 7.83. The summed E-state index contributed by atoms with van der Waals surface area (Å²) in [5.74, 6) is 1.93. The van der Waals surface area contributed by atoms with Gasteiger partial charge in [0.2, 0.25) is 0 Å². The van der Waals surface area contributed by atoms with Gasteiger partial charge in [0.1, 0.15) is 5.82 Å². The maximum atomic E-state index is 4.42. The lowest BCUT2D eigenvalue weighted by Crippen LogP contribution is -2.43. The fourth-order valence-corrected chi connectivity index (χ4v) is 1.61. The van der Waals surface area contributed by atoms with Crippen molar-refractivity contribution in [1.82, 2.24) is 15.3 Å². The van der Waals surface area contributed by atoms with E-state index in [-0.39, 0.29) is 5.41 Å². The summed E-state index contributed by atoms with van der Waals surface area (Å²) in [7, 11) is 0. The Morgan fingerprint density at radius 1 is 1.43 bits per heavy atom. The molecule has 2 heterocycles. The van der Waals surface area contributed by atoms with Gasteiger partial charge in [0.15, 0.2) is 0 Å². The van der Waals surface area contributed by atoms with Gasteiger partial charge in [0.25, 0.3) is 0 Å². The van der Waals surface area contributed by atoms with Gasteiger partial charge in [0, 0.05) is 23.7 Å². The molecule has 78 valence electrons. The van der Waals surface area contributed by atoms with Gasteiger partial charge < -0.3 is 10.3 Å². The lowest BCUT2D eigenvalue weighted by atomic mass is 9.93. The maximum absolute atomic E-state index is 4.42. The van der Waals surface area contributed by atoms with Gasteiger partial charge in [-0.25, -0.2) is 4.98 Å². The van der Waals surface area contributed by atoms with Gasteiger partial charge in [-0.3, -0.25) is 0 Å². The minimum absolute atomic E-state index is 0.184. The summed E-state index contributed by atoms with van der Waals surface area (Å²) >= 11 is 0. The van der Waals surface area contributed by atoms with E-state index in [1.165, 1.54) is 5.69 Å². The third-order valence-electron chi connectivity index (χ3n) is 2.78. The minimum atomic E-state index is 0.184. The summed E-state index contributed by atoms with van der Waals surface area (Å²) in [6.45, 7) is 8.90. The van der Waals surface area contributed by atoms with Crippen molar-refractivity contribution in [2.24, 2.45) is 5.92 Å². The van der Waals surface area contributed by atoms with E-state index in [1.807, 2.05) is 6.20 Å². The fourth-order valence-electron chi connectivity index (χ4n) is 1.61. The fraction of sp³-hybridized carbons (Fsp3) is 0.727. The lowest BCUT2D eigenvalue weighted by molar-refractivity contribution is 0.341. The molecule has 2 rings (SSSR count). The highest BCUT2D eigenvalue weighted by molar-refractivity contribution is 5.11. The van der Waals surface area contributed by atoms with Crippen molar-refractivity contribution in [3.63, 3.8) is 0 Å². The largest absolute Gasteiger partial charge is 0.345 e. The van der Waals surface area contributed by atoms with Crippen molar-refractivity contribution in [2.75, 3.05) is 13.1 Å². The number of hydrogen-bond acceptors (Lipinski definition) is 2. The van der Waals surface area contributed by atoms with Crippen LogP contribution in [0.25, 0.3) is 0 Å². The highest BCUT2D eigenvalue weighted by atomic mass is 15.0. The van der Waals surface area contributed by atoms with E-state index < -0.39 is 0 Å². The van der Waals surface area contributed by atoms with Crippen LogP contribution in [0.5, 0.6) is 0 Å². The molecule has 3 heteroatoms. The standard InChI is InChI=1S/C11H19N3/c1-11(2,3)9-7-13-10(14-9)4-8-5-12-6-8/h7-8,12H,4-6H2,1-3H3,(H,13,14). The Hall–Kier alpha value is -0.830. The smallest absolute Gasteiger partial charge is 0.106 e. The van der Waals surface area contributed by atoms with E-state index in [1.54, 1.807) is 0 Å². The molecule has 1 aliphatic heterocycles. The molecule has 0 amide bonds. The van der Waals surface area contributed by atoms with E-state index in [0.29, 0.717) is 0 Å². The first kappa shape index (κ1) is 9.71. The number of aromatic nitrogens is 2. The average molecular weight is 193 g/mol. The lowest BCUT2D eigenvalue weighted by Gasteiger charge is -2.26. The first-order valence-electron chi connectivity index (χ1n) is 5.31. The molecule has 0 unspecified atom stereocenters. The predicted octanol–water partition coefficient (Wildman–Crippen LogP) is 1.47. The molecule has 1 aromatic heterocycles. The highest BCUT2D eigenvalue weighted by Crippen LogP contribution is 2.20. The summed E-state index contributed by atoms with van der Waals surface area (Å²) in [6.07, 6.45) is 3.06. The molecule has 3 nitrogen and oxygen atoms in total. The highest BCUT2D eigenvalue weighted by Gasteiger charge is 2.20. The van der Waals surface area contributed by atoms with Crippen LogP contribution in [0.1, 0.15) is 32.3 Å². The van der Waals surface area contributed by atoms with Gasteiger partial charge in [-0.1, -0.05) is 20.8 Å². The number of imidazole rings is 1. The monoisotopic (exact) mass is 193 g/mol. The first-order chi connectivity index (χ1) is 6.55. The maximum Gasteiger partial charge on any atom is 0.106 e. The summed E-state index contributed by atoms with van der Waals surface area (Å²) < 4.78 is 0. The SMILES string of the molecule is CC(C)(C)c1cnc(CC2CNC2)[nH]1. The van der Waals surface area contributed by atoms with Crippen molar-refractivity contribution < 1.29 is 0 Å². The van der Waals surface area contributed by atoms with Crippen molar-refractivity contribution in [2.45, 2.75) is 32.6 Å². The predicted molar refractivity (Wildman–Crippen MR) is 57.4 cm³/mol. The number of aromatic amines is 1. The zero-order chi connectivity index (χ0) is 10.2. The van der Waals surface area contributed by atoms with Gasteiger partial charge in [-0.2, -0.15) is 0 Å². The molecular formula is C11H19N3. The van der Waals surface area contributed by atoms with Crippen LogP contribution in [0.2, 0.25) is 0 Å². The zero-order valence-corrected chi connectivity index (χ0v) is 9.22. The Kier molecular flexibility index (Phi) is 2.35. The van der Waals surface area contributed by atoms with Crippen LogP contribution < -0.4 is 5.32 Å². The molecule has 1 fully saturated rings. The third-order valence-corrected chi connectivity index (χ3v) is 2.78. The summed E-state index contributed by atoms with van der Waals surface area (Å²) in [6, 6.07) is 0. The Balaban J connectivity index is 2.02. The number of H-pyrrole nitrogens is 1. The Bertz CT molecular complexity index is 305. The minimum Gasteiger partial charge on any atom is -0.345 e. The van der Waals surface area contributed by atoms with Gasteiger partial charge in [0.05, 0.1) is 0 Å². The van der Waals surface area contributed by atoms with Crippen LogP contribution in [-0.4, -0.2) is 23.1 Å². The van der Waals surface area contributed by atoms with Gasteiger partial charge >= 0.3 is 0 Å². The topological polar surface area (TPSA) is 40.7 Å². The van der Waals surface area contributed by atoms with Crippen LogP contribution in [0.3, 0.4) is 0 Å². The van der Waals surface area contributed by atoms with Crippen LogP contribution in [0.15, 0.2) is 6.20 Å². The quantitative estimate of drug-likeness (QED) is 0.746. The van der Waals surface area contributed by atoms with Crippen molar-refractivity contribution >= 4 is 0 Å². The molecule has 0 bridgehead atoms. The molecule has 0 radical (unpaired) electrons. The molecule has 0 aromatic carbocycles. The van der Waals surface area contributed by atoms with Crippen molar-refractivity contribution in [3.05, 3.63) is 17.7 Å². The second-order valence-electron chi connectivity index (χ2n) is 5.22. The average Bonchev–Trinajstić information content (AvgIpc) is 2.43. The van der Waals surface area contributed by atoms with E-state index in [0.717, 1.165) is 31.3 Å². The molecule has 0 aliphatic carbocycles. The summed E-state index contributed by atoms with van der Waals surface area (Å²) in [5, 5.41) is 3.28. The van der Waals surface area contributed by atoms with Crippen LogP contribution in [-0.2, 0) is 11.8 Å². The van der Waals surface area contributed by atoms with Crippen molar-refractivity contribution in [3.8, 4) is 0 Å². The molecule has 0 spiro atoms. The van der Waals surface area contributed by atoms with Gasteiger partial charge in [-0.05, 0) is 19.0 Å². The molecule has 1 saturated heterocycles. The Morgan fingerprint density at radius 2 is 2.14 bits per heavy atom. The third kappa shape index (κ3) is 1.98. The number of rotatable bonds is 2. The zero-order valence-electron chi connectivity index (χ0n) is 9.22. The van der Waals surface area contributed by atoms with E-state index in [2.05, 4.69) is 36.1 Å². The molecule has 2 N–H and O–H groups in total. The Labute approximate surface area is 85.3 Å². The van der Waals surface area contributed by atoms with E-state index >= 15 is 0 Å². The number of hydrogen-bond donors (Lipinski definition) is 2. The second kappa shape index (κ2) is 3.39. The van der Waals surface area contributed by atoms with Crippen LogP contribution in [0, 0.1) is 5.92 Å². The molecule has 0 saturated carbocycles. The van der Waals surface area contributed by atoms with Crippen LogP contribution >= 0.6 is 0 Å². The molecule has 14 heavy (non-hydrogen) atoms. The van der Waals surface area contributed by atoms with Gasteiger partial charge in [-0.15, -0.1) is 0 Å². The van der Waals surface area contributed by atoms with E-state index in [9.17, 15) is 0 Å². The summed E-state index contributed by atoms with van der Waals surface area (Å²) in [5.41, 5.74) is 1.42. The first-order valence-corrected chi connectivity index (χ1v) is 5.31.